The van der Waals surface area contributed by atoms with Crippen molar-refractivity contribution in [3.8, 4) is 11.1 Å². The van der Waals surface area contributed by atoms with Crippen molar-refractivity contribution >= 4 is 57.2 Å². The lowest BCUT2D eigenvalue weighted by Crippen LogP contribution is -2.44. The van der Waals surface area contributed by atoms with Crippen molar-refractivity contribution in [2.75, 3.05) is 17.2 Å². The molecule has 2 amide bonds. The first-order valence-electron chi connectivity index (χ1n) is 14.0. The number of Topliss-reactive ketones (excluding diaryl/α,β-unsaturated/α-hetero) is 1. The van der Waals surface area contributed by atoms with Crippen molar-refractivity contribution in [2.45, 2.75) is 32.1 Å². The second kappa shape index (κ2) is 12.4. The van der Waals surface area contributed by atoms with Gasteiger partial charge in [-0.1, -0.05) is 41.9 Å². The number of hydrogen-bond donors (Lipinski definition) is 2. The summed E-state index contributed by atoms with van der Waals surface area (Å²) >= 11 is 6.25. The van der Waals surface area contributed by atoms with Crippen molar-refractivity contribution in [3.05, 3.63) is 95.9 Å². The molecule has 0 unspecified atom stereocenters. The zero-order valence-corrected chi connectivity index (χ0v) is 24.6. The third kappa shape index (κ3) is 6.09. The van der Waals surface area contributed by atoms with Crippen LogP contribution in [-0.4, -0.2) is 61.0 Å². The van der Waals surface area contributed by atoms with Gasteiger partial charge in [0, 0.05) is 40.6 Å². The molecule has 0 radical (unpaired) electrons. The summed E-state index contributed by atoms with van der Waals surface area (Å²) in [5, 5.41) is 10.9. The van der Waals surface area contributed by atoms with Crippen LogP contribution in [0.15, 0.2) is 79.4 Å². The third-order valence-electron chi connectivity index (χ3n) is 7.51. The van der Waals surface area contributed by atoms with Crippen LogP contribution in [0.4, 0.5) is 25.8 Å². The fraction of sp³-hybridized carbons (Fsp3) is 0.188. The molecule has 10 nitrogen and oxygen atoms in total. The van der Waals surface area contributed by atoms with Gasteiger partial charge in [-0.15, -0.1) is 0 Å². The molecule has 3 heterocycles. The number of amides is 2. The van der Waals surface area contributed by atoms with Crippen LogP contribution in [0.1, 0.15) is 23.8 Å². The van der Waals surface area contributed by atoms with E-state index in [2.05, 4.69) is 25.7 Å². The Balaban J connectivity index is 1.23. The fourth-order valence-corrected chi connectivity index (χ4v) is 5.67. The quantitative estimate of drug-likeness (QED) is 0.208. The Morgan fingerprint density at radius 3 is 2.51 bits per heavy atom. The molecule has 1 aliphatic rings. The highest BCUT2D eigenvalue weighted by atomic mass is 35.5. The molecule has 5 aromatic rings. The number of carbonyl (C=O) groups excluding carboxylic acids is 3. The van der Waals surface area contributed by atoms with Crippen LogP contribution >= 0.6 is 11.6 Å². The Morgan fingerprint density at radius 2 is 1.76 bits per heavy atom. The van der Waals surface area contributed by atoms with Crippen LogP contribution in [0, 0.1) is 5.82 Å². The van der Waals surface area contributed by atoms with Gasteiger partial charge in [0.1, 0.15) is 30.8 Å². The number of carbonyl (C=O) groups is 3. The Labute approximate surface area is 261 Å². The fourth-order valence-electron chi connectivity index (χ4n) is 5.43. The van der Waals surface area contributed by atoms with Crippen LogP contribution in [0.3, 0.4) is 0 Å². The molecule has 6 rings (SSSR count). The van der Waals surface area contributed by atoms with Gasteiger partial charge in [0.2, 0.25) is 11.8 Å². The molecule has 13 heteroatoms. The molecule has 2 N–H and O–H groups in total. The maximum absolute atomic E-state index is 15.5. The molecule has 0 aliphatic carbocycles. The van der Waals surface area contributed by atoms with Crippen LogP contribution in [0.2, 0.25) is 5.02 Å². The second-order valence-corrected chi connectivity index (χ2v) is 11.0. The molecule has 1 aliphatic heterocycles. The number of nitrogens with one attached hydrogen (secondary N) is 2. The maximum atomic E-state index is 15.5. The average molecular weight is 630 g/mol. The van der Waals surface area contributed by atoms with E-state index >= 15 is 4.39 Å². The number of anilines is 3. The zero-order chi connectivity index (χ0) is 31.7. The Morgan fingerprint density at radius 1 is 1.00 bits per heavy atom. The van der Waals surface area contributed by atoms with Gasteiger partial charge in [0.05, 0.1) is 35.8 Å². The normalized spacial score (nSPS) is 16.1. The van der Waals surface area contributed by atoms with E-state index in [-0.39, 0.29) is 42.2 Å². The van der Waals surface area contributed by atoms with E-state index in [0.717, 1.165) is 4.90 Å². The highest BCUT2D eigenvalue weighted by molar-refractivity contribution is 6.33. The van der Waals surface area contributed by atoms with Gasteiger partial charge in [0.25, 0.3) is 0 Å². The van der Waals surface area contributed by atoms with Crippen molar-refractivity contribution in [1.82, 2.24) is 24.6 Å². The molecule has 0 saturated carbocycles. The molecule has 228 valence electrons. The number of benzene rings is 3. The average Bonchev–Trinajstić information content (AvgIpc) is 3.59. The molecule has 2 aromatic heterocycles. The predicted molar refractivity (Wildman–Crippen MR) is 166 cm³/mol. The summed E-state index contributed by atoms with van der Waals surface area (Å²) in [6.07, 6.45) is 2.88. The van der Waals surface area contributed by atoms with Gasteiger partial charge < -0.3 is 15.5 Å². The second-order valence-electron chi connectivity index (χ2n) is 10.6. The van der Waals surface area contributed by atoms with E-state index in [1.54, 1.807) is 60.9 Å². The first-order chi connectivity index (χ1) is 21.7. The lowest BCUT2D eigenvalue weighted by Gasteiger charge is -2.24. The van der Waals surface area contributed by atoms with Crippen LogP contribution in [0.25, 0.3) is 22.0 Å². The number of fused-ring (bicyclic) bond motifs is 1. The summed E-state index contributed by atoms with van der Waals surface area (Å²) in [5.74, 6) is -2.33. The molecule has 0 spiro atoms. The van der Waals surface area contributed by atoms with Gasteiger partial charge in [-0.25, -0.2) is 18.7 Å². The van der Waals surface area contributed by atoms with Gasteiger partial charge in [0.15, 0.2) is 11.6 Å². The van der Waals surface area contributed by atoms with Gasteiger partial charge in [-0.2, -0.15) is 5.10 Å². The molecule has 1 fully saturated rings. The molecule has 3 aromatic carbocycles. The minimum atomic E-state index is -1.46. The van der Waals surface area contributed by atoms with Gasteiger partial charge in [-0.3, -0.25) is 19.1 Å². The number of nitrogens with zero attached hydrogens (tertiary/aromatic N) is 5. The monoisotopic (exact) mass is 629 g/mol. The summed E-state index contributed by atoms with van der Waals surface area (Å²) in [6.45, 7) is 0.703. The number of hydrogen-bond acceptors (Lipinski definition) is 7. The smallest absolute Gasteiger partial charge is 0.247 e. The van der Waals surface area contributed by atoms with E-state index in [4.69, 9.17) is 11.6 Å². The Kier molecular flexibility index (Phi) is 8.22. The minimum absolute atomic E-state index is 0.122. The van der Waals surface area contributed by atoms with E-state index in [1.807, 2.05) is 0 Å². The van der Waals surface area contributed by atoms with Crippen molar-refractivity contribution in [1.29, 1.82) is 0 Å². The van der Waals surface area contributed by atoms with E-state index in [9.17, 15) is 18.8 Å². The summed E-state index contributed by atoms with van der Waals surface area (Å²) in [7, 11) is 0. The summed E-state index contributed by atoms with van der Waals surface area (Å²) in [4.78, 5) is 48.4. The Bertz CT molecular complexity index is 1940. The Hall–Kier alpha value is -5.23. The standard InChI is InChI=1S/C32H26ClF2N7O3/c1-18(43)31-24-12-20(38-21-13-36-17-37-14-21)9-10-27(24)42(40-31)16-29(44)41-15-19(34)11-28(41)32(45)39-26-8-4-6-23(30(26)35)22-5-2-3-7-25(22)33/h2-10,12-14,17,19,28,38H,11,15-16H2,1H3,(H,39,45)/t19-,28+/m1/s1. The number of likely N-dealkylation sites (tertiary alicyclic amines) is 1. The number of alkyl halides is 1. The highest BCUT2D eigenvalue weighted by Crippen LogP contribution is 2.33. The largest absolute Gasteiger partial charge is 0.353 e. The SMILES string of the molecule is CC(=O)c1nn(CC(=O)N2C[C@H](F)C[C@H]2C(=O)Nc2cccc(-c3ccccc3Cl)c2F)c2ccc(Nc3cncnc3)cc12. The maximum Gasteiger partial charge on any atom is 0.247 e. The van der Waals surface area contributed by atoms with Crippen LogP contribution in [-0.2, 0) is 16.1 Å². The molecule has 2 atom stereocenters. The summed E-state index contributed by atoms with van der Waals surface area (Å²) in [5.41, 5.74) is 2.44. The summed E-state index contributed by atoms with van der Waals surface area (Å²) in [6, 6.07) is 15.2. The van der Waals surface area contributed by atoms with Crippen LogP contribution in [0.5, 0.6) is 0 Å². The first-order valence-corrected chi connectivity index (χ1v) is 14.4. The zero-order valence-electron chi connectivity index (χ0n) is 23.9. The predicted octanol–water partition coefficient (Wildman–Crippen LogP) is 5.81. The van der Waals surface area contributed by atoms with Crippen molar-refractivity contribution in [2.24, 2.45) is 0 Å². The summed E-state index contributed by atoms with van der Waals surface area (Å²) < 4.78 is 31.5. The molecule has 0 bridgehead atoms. The molecular weight excluding hydrogens is 604 g/mol. The first kappa shape index (κ1) is 29.8. The van der Waals surface area contributed by atoms with Crippen molar-refractivity contribution in [3.63, 3.8) is 0 Å². The molecule has 45 heavy (non-hydrogen) atoms. The van der Waals surface area contributed by atoms with E-state index in [0.29, 0.717) is 32.9 Å². The molecular formula is C32H26ClF2N7O3. The van der Waals surface area contributed by atoms with Crippen molar-refractivity contribution < 1.29 is 23.2 Å². The third-order valence-corrected chi connectivity index (χ3v) is 7.84. The van der Waals surface area contributed by atoms with Gasteiger partial charge >= 0.3 is 0 Å². The lowest BCUT2D eigenvalue weighted by atomic mass is 10.0. The van der Waals surface area contributed by atoms with E-state index < -0.39 is 29.8 Å². The number of halogens is 3. The highest BCUT2D eigenvalue weighted by Gasteiger charge is 2.40. The lowest BCUT2D eigenvalue weighted by molar-refractivity contribution is -0.137. The minimum Gasteiger partial charge on any atom is -0.353 e. The van der Waals surface area contributed by atoms with Crippen LogP contribution < -0.4 is 10.6 Å². The number of rotatable bonds is 8. The number of ketones is 1. The van der Waals surface area contributed by atoms with Gasteiger partial charge in [-0.05, 0) is 30.3 Å². The topological polar surface area (TPSA) is 122 Å². The van der Waals surface area contributed by atoms with E-state index in [1.165, 1.54) is 30.1 Å². The number of aromatic nitrogens is 4. The molecule has 1 saturated heterocycles.